The lowest BCUT2D eigenvalue weighted by molar-refractivity contribution is -0.105. The summed E-state index contributed by atoms with van der Waals surface area (Å²) in [4.78, 5) is 25.1. The topological polar surface area (TPSA) is 43.4 Å². The highest BCUT2D eigenvalue weighted by atomic mass is 16.5. The summed E-state index contributed by atoms with van der Waals surface area (Å²) in [6.07, 6.45) is 1.79. The number of Topliss-reactive ketones (excluding diaryl/α,β-unsaturated/α-hetero) is 2. The molecule has 3 nitrogen and oxygen atoms in total. The molecule has 1 spiro atoms. The monoisotopic (exact) mass is 242 g/mol. The predicted molar refractivity (Wildman–Crippen MR) is 64.6 cm³/mol. The molecule has 1 aliphatic heterocycles. The van der Waals surface area contributed by atoms with E-state index in [-0.39, 0.29) is 29.5 Å². The molecule has 0 radical (unpaired) electrons. The molecule has 92 valence electrons. The first-order chi connectivity index (χ1) is 8.64. The van der Waals surface area contributed by atoms with Gasteiger partial charge in [-0.3, -0.25) is 9.59 Å². The number of ketones is 2. The Labute approximate surface area is 105 Å². The molecule has 3 aliphatic rings. The average Bonchev–Trinajstić information content (AvgIpc) is 2.60. The van der Waals surface area contributed by atoms with Crippen molar-refractivity contribution in [3.63, 3.8) is 0 Å². The Bertz CT molecular complexity index is 577. The van der Waals surface area contributed by atoms with Crippen LogP contribution in [0.2, 0.25) is 0 Å². The van der Waals surface area contributed by atoms with Crippen LogP contribution in [0.25, 0.3) is 0 Å². The zero-order valence-corrected chi connectivity index (χ0v) is 10.2. The van der Waals surface area contributed by atoms with Crippen molar-refractivity contribution < 1.29 is 14.3 Å². The second-order valence-electron chi connectivity index (χ2n) is 5.68. The zero-order valence-electron chi connectivity index (χ0n) is 10.2. The maximum Gasteiger partial charge on any atom is 0.196 e. The smallest absolute Gasteiger partial charge is 0.196 e. The minimum Gasteiger partial charge on any atom is -0.363 e. The van der Waals surface area contributed by atoms with E-state index in [1.165, 1.54) is 0 Å². The first-order valence-electron chi connectivity index (χ1n) is 6.50. The van der Waals surface area contributed by atoms with Crippen molar-refractivity contribution >= 4 is 11.6 Å². The van der Waals surface area contributed by atoms with E-state index >= 15 is 0 Å². The number of carbonyl (C=O) groups is 2. The van der Waals surface area contributed by atoms with Crippen LogP contribution >= 0.6 is 0 Å². The van der Waals surface area contributed by atoms with Gasteiger partial charge in [-0.25, -0.2) is 0 Å². The highest BCUT2D eigenvalue weighted by Gasteiger charge is 2.69. The highest BCUT2D eigenvalue weighted by Crippen LogP contribution is 2.59. The quantitative estimate of drug-likeness (QED) is 0.700. The van der Waals surface area contributed by atoms with Crippen LogP contribution < -0.4 is 0 Å². The lowest BCUT2D eigenvalue weighted by Gasteiger charge is -2.51. The third kappa shape index (κ3) is 0.962. The van der Waals surface area contributed by atoms with E-state index in [0.29, 0.717) is 11.1 Å². The molecule has 0 aromatic heterocycles. The zero-order chi connectivity index (χ0) is 12.5. The van der Waals surface area contributed by atoms with Crippen LogP contribution in [0.15, 0.2) is 24.3 Å². The van der Waals surface area contributed by atoms with Crippen LogP contribution in [0, 0.1) is 11.8 Å². The van der Waals surface area contributed by atoms with E-state index in [2.05, 4.69) is 0 Å². The summed E-state index contributed by atoms with van der Waals surface area (Å²) in [5.41, 5.74) is 0.322. The number of carbonyl (C=O) groups excluding carboxylic acids is 2. The molecule has 2 fully saturated rings. The third-order valence-corrected chi connectivity index (χ3v) is 4.77. The average molecular weight is 242 g/mol. The van der Waals surface area contributed by atoms with E-state index in [1.807, 2.05) is 19.1 Å². The molecule has 18 heavy (non-hydrogen) atoms. The Hall–Kier alpha value is -1.48. The summed E-state index contributed by atoms with van der Waals surface area (Å²) >= 11 is 0. The van der Waals surface area contributed by atoms with Gasteiger partial charge in [0.2, 0.25) is 0 Å². The van der Waals surface area contributed by atoms with E-state index < -0.39 is 5.60 Å². The maximum absolute atomic E-state index is 12.7. The van der Waals surface area contributed by atoms with Gasteiger partial charge in [0.1, 0.15) is 5.60 Å². The fourth-order valence-corrected chi connectivity index (χ4v) is 3.98. The summed E-state index contributed by atoms with van der Waals surface area (Å²) in [6.45, 7) is 1.99. The molecule has 1 heterocycles. The van der Waals surface area contributed by atoms with Gasteiger partial charge >= 0.3 is 0 Å². The Morgan fingerprint density at radius 1 is 1.17 bits per heavy atom. The molecule has 1 aromatic carbocycles. The minimum absolute atomic E-state index is 0.0308. The third-order valence-electron chi connectivity index (χ3n) is 4.77. The Balaban J connectivity index is 1.92. The Kier molecular flexibility index (Phi) is 1.80. The van der Waals surface area contributed by atoms with Gasteiger partial charge in [-0.2, -0.15) is 0 Å². The number of rotatable bonds is 0. The second-order valence-corrected chi connectivity index (χ2v) is 5.68. The first kappa shape index (κ1) is 10.4. The van der Waals surface area contributed by atoms with Crippen molar-refractivity contribution in [1.82, 2.24) is 0 Å². The van der Waals surface area contributed by atoms with E-state index in [4.69, 9.17) is 4.74 Å². The molecule has 1 saturated heterocycles. The lowest BCUT2D eigenvalue weighted by atomic mass is 9.53. The van der Waals surface area contributed by atoms with E-state index in [1.54, 1.807) is 12.1 Å². The number of fused-ring (bicyclic) bond motifs is 1. The predicted octanol–water partition coefficient (Wildman–Crippen LogP) is 2.25. The Morgan fingerprint density at radius 3 is 2.61 bits per heavy atom. The fourth-order valence-electron chi connectivity index (χ4n) is 3.98. The van der Waals surface area contributed by atoms with Gasteiger partial charge in [0.25, 0.3) is 0 Å². The largest absolute Gasteiger partial charge is 0.363 e. The van der Waals surface area contributed by atoms with Gasteiger partial charge < -0.3 is 4.74 Å². The van der Waals surface area contributed by atoms with Crippen LogP contribution in [0.1, 0.15) is 40.5 Å². The fraction of sp³-hybridized carbons (Fsp3) is 0.467. The van der Waals surface area contributed by atoms with Crippen molar-refractivity contribution in [3.8, 4) is 0 Å². The van der Waals surface area contributed by atoms with Crippen molar-refractivity contribution in [2.24, 2.45) is 11.8 Å². The molecule has 4 rings (SSSR count). The van der Waals surface area contributed by atoms with Gasteiger partial charge in [0, 0.05) is 11.1 Å². The number of ether oxygens (including phenoxy) is 1. The van der Waals surface area contributed by atoms with Crippen LogP contribution in [0.3, 0.4) is 0 Å². The molecule has 3 heteroatoms. The van der Waals surface area contributed by atoms with Crippen LogP contribution in [-0.2, 0) is 4.74 Å². The molecule has 1 saturated carbocycles. The van der Waals surface area contributed by atoms with Gasteiger partial charge in [-0.15, -0.1) is 0 Å². The van der Waals surface area contributed by atoms with Crippen molar-refractivity contribution in [2.45, 2.75) is 31.5 Å². The number of hydrogen-bond donors (Lipinski definition) is 0. The Morgan fingerprint density at radius 2 is 1.89 bits per heavy atom. The van der Waals surface area contributed by atoms with Crippen molar-refractivity contribution in [1.29, 1.82) is 0 Å². The molecule has 4 atom stereocenters. The molecular formula is C15H14O3. The van der Waals surface area contributed by atoms with E-state index in [9.17, 15) is 9.59 Å². The van der Waals surface area contributed by atoms with Gasteiger partial charge in [-0.1, -0.05) is 24.3 Å². The summed E-state index contributed by atoms with van der Waals surface area (Å²) in [6, 6.07) is 7.14. The molecular weight excluding hydrogens is 228 g/mol. The number of benzene rings is 1. The van der Waals surface area contributed by atoms with Gasteiger partial charge in [0.05, 0.1) is 12.0 Å². The molecule has 1 aromatic rings. The molecule has 0 N–H and O–H groups in total. The SMILES string of the molecule is CC1CC2CC3C(=O)c4ccccc4C(=O)C23O1. The van der Waals surface area contributed by atoms with Crippen LogP contribution in [0.5, 0.6) is 0 Å². The second kappa shape index (κ2) is 3.09. The standard InChI is InChI=1S/C15H14O3/c1-8-6-9-7-12-13(16)10-4-2-3-5-11(10)14(17)15(9,12)18-8/h2-5,8-9,12H,6-7H2,1H3. The summed E-state index contributed by atoms with van der Waals surface area (Å²) < 4.78 is 5.92. The van der Waals surface area contributed by atoms with Crippen LogP contribution in [-0.4, -0.2) is 23.3 Å². The van der Waals surface area contributed by atoms with Crippen molar-refractivity contribution in [2.75, 3.05) is 0 Å². The lowest BCUT2D eigenvalue weighted by Crippen LogP contribution is -2.64. The molecule has 4 unspecified atom stereocenters. The van der Waals surface area contributed by atoms with Crippen LogP contribution in [0.4, 0.5) is 0 Å². The normalized spacial score (nSPS) is 40.8. The molecule has 2 aliphatic carbocycles. The summed E-state index contributed by atoms with van der Waals surface area (Å²) in [5.74, 6) is 0.121. The minimum atomic E-state index is -0.815. The molecule has 0 bridgehead atoms. The van der Waals surface area contributed by atoms with Gasteiger partial charge in [-0.05, 0) is 25.7 Å². The van der Waals surface area contributed by atoms with Crippen molar-refractivity contribution in [3.05, 3.63) is 35.4 Å². The molecule has 0 amide bonds. The van der Waals surface area contributed by atoms with E-state index in [0.717, 1.165) is 12.8 Å². The summed E-state index contributed by atoms with van der Waals surface area (Å²) in [7, 11) is 0. The first-order valence-corrected chi connectivity index (χ1v) is 6.50. The van der Waals surface area contributed by atoms with Gasteiger partial charge in [0.15, 0.2) is 11.6 Å². The maximum atomic E-state index is 12.7. The highest BCUT2D eigenvalue weighted by molar-refractivity contribution is 6.20. The number of hydrogen-bond acceptors (Lipinski definition) is 3. The summed E-state index contributed by atoms with van der Waals surface area (Å²) in [5, 5.41) is 0.